The Morgan fingerprint density at radius 2 is 2.09 bits per heavy atom. The summed E-state index contributed by atoms with van der Waals surface area (Å²) in [5.41, 5.74) is 0. The van der Waals surface area contributed by atoms with Gasteiger partial charge in [0.05, 0.1) is 6.26 Å². The summed E-state index contributed by atoms with van der Waals surface area (Å²) >= 11 is 0. The number of nitrogens with zero attached hydrogens (tertiary/aromatic N) is 3. The van der Waals surface area contributed by atoms with Crippen molar-refractivity contribution in [1.29, 1.82) is 0 Å². The van der Waals surface area contributed by atoms with Crippen molar-refractivity contribution < 1.29 is 8.94 Å². The fourth-order valence-corrected chi connectivity index (χ4v) is 2.03. The Hall–Kier alpha value is -2.31. The van der Waals surface area contributed by atoms with E-state index in [2.05, 4.69) is 39.6 Å². The molecule has 0 aliphatic carbocycles. The molecule has 2 aromatic rings. The van der Waals surface area contributed by atoms with E-state index in [1.165, 1.54) is 0 Å². The van der Waals surface area contributed by atoms with Gasteiger partial charge in [0.1, 0.15) is 5.76 Å². The van der Waals surface area contributed by atoms with E-state index in [-0.39, 0.29) is 0 Å². The van der Waals surface area contributed by atoms with Crippen molar-refractivity contribution in [3.05, 3.63) is 35.9 Å². The van der Waals surface area contributed by atoms with E-state index in [0.29, 0.717) is 11.8 Å². The average Bonchev–Trinajstić information content (AvgIpc) is 3.21. The average molecular weight is 319 g/mol. The van der Waals surface area contributed by atoms with Crippen LogP contribution in [0.5, 0.6) is 0 Å². The smallest absolute Gasteiger partial charge is 0.226 e. The lowest BCUT2D eigenvalue weighted by Crippen LogP contribution is -2.38. The van der Waals surface area contributed by atoms with Crippen LogP contribution in [0.4, 0.5) is 0 Å². The molecule has 2 N–H and O–H groups in total. The molecule has 0 spiro atoms. The lowest BCUT2D eigenvalue weighted by atomic mass is 10.2. The van der Waals surface area contributed by atoms with Crippen LogP contribution in [-0.2, 0) is 12.8 Å². The molecule has 0 amide bonds. The van der Waals surface area contributed by atoms with Gasteiger partial charge in [0, 0.05) is 38.9 Å². The SMILES string of the molecule is CN=C(NCCCc1nc(C(C)C)no1)NCCc1ccco1. The fraction of sp³-hybridized carbons (Fsp3) is 0.562. The second-order valence-electron chi connectivity index (χ2n) is 5.56. The monoisotopic (exact) mass is 319 g/mol. The Morgan fingerprint density at radius 1 is 1.26 bits per heavy atom. The van der Waals surface area contributed by atoms with Gasteiger partial charge in [-0.15, -0.1) is 0 Å². The Kier molecular flexibility index (Phi) is 6.65. The summed E-state index contributed by atoms with van der Waals surface area (Å²) in [7, 11) is 1.76. The number of rotatable bonds is 8. The van der Waals surface area contributed by atoms with E-state index in [9.17, 15) is 0 Å². The molecular weight excluding hydrogens is 294 g/mol. The topological polar surface area (TPSA) is 88.5 Å². The molecule has 7 heteroatoms. The summed E-state index contributed by atoms with van der Waals surface area (Å²) in [6.07, 6.45) is 4.17. The molecule has 0 saturated heterocycles. The zero-order valence-electron chi connectivity index (χ0n) is 14.0. The summed E-state index contributed by atoms with van der Waals surface area (Å²) in [6, 6.07) is 3.86. The zero-order chi connectivity index (χ0) is 16.5. The van der Waals surface area contributed by atoms with Gasteiger partial charge in [-0.05, 0) is 18.6 Å². The molecular formula is C16H25N5O2. The van der Waals surface area contributed by atoms with Gasteiger partial charge < -0.3 is 19.6 Å². The Morgan fingerprint density at radius 3 is 2.74 bits per heavy atom. The third kappa shape index (κ3) is 5.77. The third-order valence-electron chi connectivity index (χ3n) is 3.33. The molecule has 0 atom stereocenters. The van der Waals surface area contributed by atoms with Crippen LogP contribution in [0.15, 0.2) is 32.3 Å². The quantitative estimate of drug-likeness (QED) is 0.440. The molecule has 0 radical (unpaired) electrons. The number of guanidine groups is 1. The molecule has 0 unspecified atom stereocenters. The second-order valence-corrected chi connectivity index (χ2v) is 5.56. The van der Waals surface area contributed by atoms with Crippen molar-refractivity contribution >= 4 is 5.96 Å². The van der Waals surface area contributed by atoms with Crippen LogP contribution >= 0.6 is 0 Å². The normalized spacial score (nSPS) is 11.9. The maximum Gasteiger partial charge on any atom is 0.226 e. The predicted molar refractivity (Wildman–Crippen MR) is 88.5 cm³/mol. The molecule has 7 nitrogen and oxygen atoms in total. The van der Waals surface area contributed by atoms with Crippen LogP contribution in [0.1, 0.15) is 43.7 Å². The number of aromatic nitrogens is 2. The van der Waals surface area contributed by atoms with Crippen molar-refractivity contribution in [2.24, 2.45) is 4.99 Å². The van der Waals surface area contributed by atoms with Gasteiger partial charge in [-0.1, -0.05) is 19.0 Å². The highest BCUT2D eigenvalue weighted by Crippen LogP contribution is 2.10. The predicted octanol–water partition coefficient (Wildman–Crippen LogP) is 2.13. The summed E-state index contributed by atoms with van der Waals surface area (Å²) in [5.74, 6) is 3.50. The third-order valence-corrected chi connectivity index (χ3v) is 3.33. The maximum atomic E-state index is 5.29. The second kappa shape index (κ2) is 8.97. The fourth-order valence-electron chi connectivity index (χ4n) is 2.03. The van der Waals surface area contributed by atoms with Crippen LogP contribution in [0.3, 0.4) is 0 Å². The number of hydrogen-bond acceptors (Lipinski definition) is 5. The van der Waals surface area contributed by atoms with Gasteiger partial charge in [-0.25, -0.2) is 0 Å². The van der Waals surface area contributed by atoms with Crippen LogP contribution in [0.25, 0.3) is 0 Å². The number of aryl methyl sites for hydroxylation is 1. The number of aliphatic imine (C=N–C) groups is 1. The van der Waals surface area contributed by atoms with Crippen molar-refractivity contribution in [1.82, 2.24) is 20.8 Å². The first-order valence-electron chi connectivity index (χ1n) is 7.98. The molecule has 0 aliphatic rings. The highest BCUT2D eigenvalue weighted by atomic mass is 16.5. The lowest BCUT2D eigenvalue weighted by molar-refractivity contribution is 0.368. The largest absolute Gasteiger partial charge is 0.469 e. The van der Waals surface area contributed by atoms with Crippen LogP contribution in [0.2, 0.25) is 0 Å². The lowest BCUT2D eigenvalue weighted by Gasteiger charge is -2.10. The minimum Gasteiger partial charge on any atom is -0.469 e. The van der Waals surface area contributed by atoms with E-state index in [4.69, 9.17) is 8.94 Å². The molecule has 0 fully saturated rings. The van der Waals surface area contributed by atoms with Crippen molar-refractivity contribution in [3.8, 4) is 0 Å². The van der Waals surface area contributed by atoms with Gasteiger partial charge >= 0.3 is 0 Å². The van der Waals surface area contributed by atoms with E-state index in [1.54, 1.807) is 13.3 Å². The van der Waals surface area contributed by atoms with Gasteiger partial charge in [0.25, 0.3) is 0 Å². The van der Waals surface area contributed by atoms with Gasteiger partial charge in [-0.2, -0.15) is 4.98 Å². The van der Waals surface area contributed by atoms with Gasteiger partial charge in [0.15, 0.2) is 11.8 Å². The summed E-state index contributed by atoms with van der Waals surface area (Å²) in [5, 5.41) is 10.5. The molecule has 126 valence electrons. The van der Waals surface area contributed by atoms with E-state index < -0.39 is 0 Å². The molecule has 0 aromatic carbocycles. The zero-order valence-corrected chi connectivity index (χ0v) is 14.0. The van der Waals surface area contributed by atoms with Crippen molar-refractivity contribution in [2.45, 2.75) is 39.0 Å². The molecule has 0 aliphatic heterocycles. The molecule has 2 aromatic heterocycles. The molecule has 2 rings (SSSR count). The van der Waals surface area contributed by atoms with Crippen LogP contribution in [-0.4, -0.2) is 36.2 Å². The van der Waals surface area contributed by atoms with Crippen molar-refractivity contribution in [3.63, 3.8) is 0 Å². The van der Waals surface area contributed by atoms with Crippen LogP contribution in [0, 0.1) is 0 Å². The van der Waals surface area contributed by atoms with Crippen LogP contribution < -0.4 is 10.6 Å². The molecule has 0 bridgehead atoms. The standard InChI is InChI=1S/C16H25N5O2/c1-12(2)15-20-14(23-21-15)7-4-9-18-16(17-3)19-10-8-13-6-5-11-22-13/h5-6,11-12H,4,7-10H2,1-3H3,(H2,17,18,19). The van der Waals surface area contributed by atoms with E-state index in [1.807, 2.05) is 12.1 Å². The summed E-state index contributed by atoms with van der Waals surface area (Å²) in [4.78, 5) is 8.55. The number of nitrogens with one attached hydrogen (secondary N) is 2. The highest BCUT2D eigenvalue weighted by Gasteiger charge is 2.09. The minimum atomic E-state index is 0.294. The van der Waals surface area contributed by atoms with E-state index >= 15 is 0 Å². The molecule has 23 heavy (non-hydrogen) atoms. The van der Waals surface area contributed by atoms with E-state index in [0.717, 1.165) is 49.9 Å². The Labute approximate surface area is 136 Å². The Balaban J connectivity index is 1.61. The first kappa shape index (κ1) is 17.1. The van der Waals surface area contributed by atoms with Gasteiger partial charge in [0.2, 0.25) is 5.89 Å². The van der Waals surface area contributed by atoms with Crippen molar-refractivity contribution in [2.75, 3.05) is 20.1 Å². The summed E-state index contributed by atoms with van der Waals surface area (Å²) in [6.45, 7) is 5.66. The minimum absolute atomic E-state index is 0.294. The molecule has 2 heterocycles. The highest BCUT2D eigenvalue weighted by molar-refractivity contribution is 5.79. The number of hydrogen-bond donors (Lipinski definition) is 2. The first-order valence-corrected chi connectivity index (χ1v) is 7.98. The Bertz CT molecular complexity index is 589. The molecule has 0 saturated carbocycles. The maximum absolute atomic E-state index is 5.29. The van der Waals surface area contributed by atoms with Gasteiger partial charge in [-0.3, -0.25) is 4.99 Å². The number of furan rings is 1. The first-order chi connectivity index (χ1) is 11.2. The summed E-state index contributed by atoms with van der Waals surface area (Å²) < 4.78 is 10.5.